The second kappa shape index (κ2) is 8.78. The molecule has 2 aliphatic rings. The fourth-order valence-corrected chi connectivity index (χ4v) is 5.70. The lowest BCUT2D eigenvalue weighted by Gasteiger charge is -2.32. The standard InChI is InChI=1S/C22H24ClN3O3S/c23-15-9-7-13(8-10-15)22(29)26-11-3-4-14(12-26)20(28)25-21-18(19(24)27)16-5-1-2-6-17(16)30-21/h7-10,14H,1-6,11-12H2,(H2,24,27)(H,25,28)/t14-/m0/s1. The highest BCUT2D eigenvalue weighted by atomic mass is 35.5. The number of rotatable bonds is 4. The molecule has 4 rings (SSSR count). The zero-order chi connectivity index (χ0) is 21.3. The summed E-state index contributed by atoms with van der Waals surface area (Å²) in [5, 5.41) is 4.08. The lowest BCUT2D eigenvalue weighted by molar-refractivity contribution is -0.121. The Morgan fingerprint density at radius 2 is 1.83 bits per heavy atom. The number of nitrogens with one attached hydrogen (secondary N) is 1. The Morgan fingerprint density at radius 3 is 2.57 bits per heavy atom. The SMILES string of the molecule is NC(=O)c1c(NC(=O)[C@H]2CCCN(C(=O)c3ccc(Cl)cc3)C2)sc2c1CCCC2. The summed E-state index contributed by atoms with van der Waals surface area (Å²) in [5.74, 6) is -1.08. The van der Waals surface area contributed by atoms with Crippen LogP contribution < -0.4 is 11.1 Å². The van der Waals surface area contributed by atoms with Gasteiger partial charge in [0, 0.05) is 28.6 Å². The van der Waals surface area contributed by atoms with Crippen LogP contribution in [0.2, 0.25) is 5.02 Å². The second-order valence-electron chi connectivity index (χ2n) is 7.87. The van der Waals surface area contributed by atoms with Crippen LogP contribution in [0.3, 0.4) is 0 Å². The Kier molecular flexibility index (Phi) is 6.11. The first kappa shape index (κ1) is 20.9. The van der Waals surface area contributed by atoms with Gasteiger partial charge in [-0.3, -0.25) is 14.4 Å². The van der Waals surface area contributed by atoms with Crippen LogP contribution in [0.5, 0.6) is 0 Å². The molecule has 0 unspecified atom stereocenters. The van der Waals surface area contributed by atoms with E-state index < -0.39 is 5.91 Å². The molecule has 8 heteroatoms. The van der Waals surface area contributed by atoms with Crippen LogP contribution in [0, 0.1) is 5.92 Å². The van der Waals surface area contributed by atoms with Gasteiger partial charge in [0.2, 0.25) is 5.91 Å². The van der Waals surface area contributed by atoms with Gasteiger partial charge in [0.25, 0.3) is 11.8 Å². The molecule has 6 nitrogen and oxygen atoms in total. The number of carbonyl (C=O) groups is 3. The molecule has 158 valence electrons. The van der Waals surface area contributed by atoms with Crippen molar-refractivity contribution < 1.29 is 14.4 Å². The molecule has 1 aromatic heterocycles. The maximum atomic E-state index is 13.0. The molecule has 1 aromatic carbocycles. The van der Waals surface area contributed by atoms with Gasteiger partial charge in [-0.2, -0.15) is 0 Å². The minimum Gasteiger partial charge on any atom is -0.365 e. The van der Waals surface area contributed by atoms with Gasteiger partial charge >= 0.3 is 0 Å². The van der Waals surface area contributed by atoms with Crippen molar-refractivity contribution in [2.75, 3.05) is 18.4 Å². The first-order chi connectivity index (χ1) is 14.4. The van der Waals surface area contributed by atoms with Crippen LogP contribution in [0.1, 0.15) is 56.8 Å². The number of amides is 3. The molecule has 3 N–H and O–H groups in total. The van der Waals surface area contributed by atoms with Crippen molar-refractivity contribution in [2.45, 2.75) is 38.5 Å². The summed E-state index contributed by atoms with van der Waals surface area (Å²) < 4.78 is 0. The van der Waals surface area contributed by atoms with E-state index >= 15 is 0 Å². The third kappa shape index (κ3) is 4.23. The number of fused-ring (bicyclic) bond motifs is 1. The number of halogens is 1. The van der Waals surface area contributed by atoms with Crippen LogP contribution in [-0.4, -0.2) is 35.7 Å². The van der Waals surface area contributed by atoms with E-state index in [0.717, 1.165) is 42.5 Å². The third-order valence-corrected chi connectivity index (χ3v) is 7.28. The number of thiophene rings is 1. The van der Waals surface area contributed by atoms with E-state index in [2.05, 4.69) is 5.32 Å². The summed E-state index contributed by atoms with van der Waals surface area (Å²) in [6.07, 6.45) is 5.31. The smallest absolute Gasteiger partial charge is 0.253 e. The van der Waals surface area contributed by atoms with Crippen LogP contribution in [-0.2, 0) is 17.6 Å². The molecule has 1 aliphatic heterocycles. The predicted molar refractivity (Wildman–Crippen MR) is 118 cm³/mol. The topological polar surface area (TPSA) is 92.5 Å². The molecule has 0 radical (unpaired) electrons. The lowest BCUT2D eigenvalue weighted by Crippen LogP contribution is -2.43. The van der Waals surface area contributed by atoms with Crippen molar-refractivity contribution in [2.24, 2.45) is 11.7 Å². The van der Waals surface area contributed by atoms with Gasteiger partial charge in [0.15, 0.2) is 0 Å². The van der Waals surface area contributed by atoms with E-state index in [9.17, 15) is 14.4 Å². The molecule has 1 fully saturated rings. The van der Waals surface area contributed by atoms with Gasteiger partial charge in [-0.25, -0.2) is 0 Å². The molecule has 1 atom stereocenters. The number of carbonyl (C=O) groups excluding carboxylic acids is 3. The van der Waals surface area contributed by atoms with E-state index in [0.29, 0.717) is 40.7 Å². The number of hydrogen-bond acceptors (Lipinski definition) is 4. The van der Waals surface area contributed by atoms with E-state index in [1.165, 1.54) is 11.3 Å². The predicted octanol–water partition coefficient (Wildman–Crippen LogP) is 3.87. The molecular formula is C22H24ClN3O3S. The summed E-state index contributed by atoms with van der Waals surface area (Å²) in [5.41, 5.74) is 7.65. The van der Waals surface area contributed by atoms with Crippen molar-refractivity contribution in [3.05, 3.63) is 50.9 Å². The molecular weight excluding hydrogens is 422 g/mol. The molecule has 3 amide bonds. The third-order valence-electron chi connectivity index (χ3n) is 5.83. The molecule has 1 saturated heterocycles. The Morgan fingerprint density at radius 1 is 1.10 bits per heavy atom. The van der Waals surface area contributed by atoms with Crippen molar-refractivity contribution >= 4 is 45.7 Å². The highest BCUT2D eigenvalue weighted by Gasteiger charge is 2.31. The number of primary amides is 1. The van der Waals surface area contributed by atoms with Crippen molar-refractivity contribution in [3.8, 4) is 0 Å². The van der Waals surface area contributed by atoms with Crippen molar-refractivity contribution in [3.63, 3.8) is 0 Å². The van der Waals surface area contributed by atoms with Crippen LogP contribution in [0.4, 0.5) is 5.00 Å². The molecule has 2 heterocycles. The van der Waals surface area contributed by atoms with Gasteiger partial charge < -0.3 is 16.0 Å². The maximum Gasteiger partial charge on any atom is 0.253 e. The quantitative estimate of drug-likeness (QED) is 0.748. The van der Waals surface area contributed by atoms with Crippen LogP contribution >= 0.6 is 22.9 Å². The zero-order valence-electron chi connectivity index (χ0n) is 16.6. The Hall–Kier alpha value is -2.38. The summed E-state index contributed by atoms with van der Waals surface area (Å²) in [7, 11) is 0. The van der Waals surface area contributed by atoms with Gasteiger partial charge in [-0.1, -0.05) is 11.6 Å². The van der Waals surface area contributed by atoms with Crippen LogP contribution in [0.25, 0.3) is 0 Å². The van der Waals surface area contributed by atoms with E-state index in [-0.39, 0.29) is 17.7 Å². The summed E-state index contributed by atoms with van der Waals surface area (Å²) in [6.45, 7) is 0.968. The number of aryl methyl sites for hydroxylation is 1. The minimum absolute atomic E-state index is 0.103. The van der Waals surface area contributed by atoms with Crippen LogP contribution in [0.15, 0.2) is 24.3 Å². The van der Waals surface area contributed by atoms with Crippen molar-refractivity contribution in [1.82, 2.24) is 4.90 Å². The number of piperidine rings is 1. The zero-order valence-corrected chi connectivity index (χ0v) is 18.2. The maximum absolute atomic E-state index is 13.0. The van der Waals surface area contributed by atoms with Gasteiger partial charge in [0.05, 0.1) is 11.5 Å². The average Bonchev–Trinajstić information content (AvgIpc) is 3.12. The highest BCUT2D eigenvalue weighted by Crippen LogP contribution is 2.38. The fraction of sp³-hybridized carbons (Fsp3) is 0.409. The Labute approximate surface area is 184 Å². The molecule has 0 saturated carbocycles. The Bertz CT molecular complexity index is 986. The number of hydrogen-bond donors (Lipinski definition) is 2. The van der Waals surface area contributed by atoms with E-state index in [1.807, 2.05) is 0 Å². The van der Waals surface area contributed by atoms with E-state index in [1.54, 1.807) is 29.2 Å². The molecule has 1 aliphatic carbocycles. The number of anilines is 1. The number of likely N-dealkylation sites (tertiary alicyclic amines) is 1. The van der Waals surface area contributed by atoms with Gasteiger partial charge in [-0.15, -0.1) is 11.3 Å². The number of nitrogens with zero attached hydrogens (tertiary/aromatic N) is 1. The minimum atomic E-state index is -0.493. The lowest BCUT2D eigenvalue weighted by atomic mass is 9.94. The Balaban J connectivity index is 1.47. The summed E-state index contributed by atoms with van der Waals surface area (Å²) in [6, 6.07) is 6.77. The molecule has 30 heavy (non-hydrogen) atoms. The average molecular weight is 446 g/mol. The number of benzene rings is 1. The monoisotopic (exact) mass is 445 g/mol. The number of nitrogens with two attached hydrogens (primary N) is 1. The van der Waals surface area contributed by atoms with Gasteiger partial charge in [-0.05, 0) is 68.4 Å². The van der Waals surface area contributed by atoms with E-state index in [4.69, 9.17) is 17.3 Å². The second-order valence-corrected chi connectivity index (χ2v) is 9.41. The first-order valence-corrected chi connectivity index (χ1v) is 11.4. The van der Waals surface area contributed by atoms with Gasteiger partial charge in [0.1, 0.15) is 5.00 Å². The summed E-state index contributed by atoms with van der Waals surface area (Å²) in [4.78, 5) is 40.7. The molecule has 0 bridgehead atoms. The van der Waals surface area contributed by atoms with Crippen molar-refractivity contribution in [1.29, 1.82) is 0 Å². The first-order valence-electron chi connectivity index (χ1n) is 10.2. The molecule has 0 spiro atoms. The normalized spacial score (nSPS) is 18.6. The molecule has 2 aromatic rings. The highest BCUT2D eigenvalue weighted by molar-refractivity contribution is 7.17. The fourth-order valence-electron chi connectivity index (χ4n) is 4.28. The summed E-state index contributed by atoms with van der Waals surface area (Å²) >= 11 is 7.37. The largest absolute Gasteiger partial charge is 0.365 e.